The van der Waals surface area contributed by atoms with Gasteiger partial charge in [-0.1, -0.05) is 23.7 Å². The third-order valence-corrected chi connectivity index (χ3v) is 3.60. The summed E-state index contributed by atoms with van der Waals surface area (Å²) in [5, 5.41) is 3.38. The predicted octanol–water partition coefficient (Wildman–Crippen LogP) is 4.57. The molecule has 6 heteroatoms. The van der Waals surface area contributed by atoms with Crippen LogP contribution in [-0.2, 0) is 9.53 Å². The van der Waals surface area contributed by atoms with Gasteiger partial charge < -0.3 is 14.8 Å². The molecule has 1 amide bonds. The smallest absolute Gasteiger partial charge is 0.338 e. The van der Waals surface area contributed by atoms with Gasteiger partial charge in [-0.3, -0.25) is 4.79 Å². The highest BCUT2D eigenvalue weighted by Gasteiger charge is 2.12. The molecule has 0 aliphatic heterocycles. The average molecular weight is 374 g/mol. The maximum Gasteiger partial charge on any atom is 0.338 e. The first-order valence-corrected chi connectivity index (χ1v) is 8.60. The molecule has 136 valence electrons. The van der Waals surface area contributed by atoms with Gasteiger partial charge in [-0.25, -0.2) is 4.79 Å². The van der Waals surface area contributed by atoms with E-state index in [2.05, 4.69) is 5.32 Å². The molecule has 0 aliphatic carbocycles. The summed E-state index contributed by atoms with van der Waals surface area (Å²) in [4.78, 5) is 24.0. The predicted molar refractivity (Wildman–Crippen MR) is 103 cm³/mol. The lowest BCUT2D eigenvalue weighted by molar-refractivity contribution is -0.111. The molecule has 0 saturated carbocycles. The van der Waals surface area contributed by atoms with Gasteiger partial charge in [0.05, 0.1) is 24.5 Å². The number of nitrogens with one attached hydrogen (secondary N) is 1. The molecule has 0 spiro atoms. The highest BCUT2D eigenvalue weighted by atomic mass is 35.5. The van der Waals surface area contributed by atoms with E-state index in [0.717, 1.165) is 5.56 Å². The maximum atomic E-state index is 12.2. The van der Waals surface area contributed by atoms with Crippen LogP contribution in [0.5, 0.6) is 5.75 Å². The quantitative estimate of drug-likeness (QED) is 0.570. The number of anilines is 1. The van der Waals surface area contributed by atoms with Gasteiger partial charge in [0.1, 0.15) is 5.75 Å². The van der Waals surface area contributed by atoms with Crippen molar-refractivity contribution in [1.82, 2.24) is 0 Å². The Bertz CT molecular complexity index is 800. The van der Waals surface area contributed by atoms with Gasteiger partial charge in [0, 0.05) is 11.1 Å². The van der Waals surface area contributed by atoms with Crippen LogP contribution in [0.1, 0.15) is 29.8 Å². The van der Waals surface area contributed by atoms with E-state index in [4.69, 9.17) is 21.1 Å². The molecule has 2 aromatic rings. The molecular formula is C20H20ClNO4. The van der Waals surface area contributed by atoms with Crippen molar-refractivity contribution in [1.29, 1.82) is 0 Å². The van der Waals surface area contributed by atoms with Crippen LogP contribution in [0.15, 0.2) is 48.5 Å². The summed E-state index contributed by atoms with van der Waals surface area (Å²) in [5.41, 5.74) is 1.70. The SMILES string of the molecule is CCOC(=O)c1ccc(NC(=O)/C=C/c2ccc(Cl)cc2)c(OCC)c1. The molecule has 0 aliphatic rings. The van der Waals surface area contributed by atoms with Crippen molar-refractivity contribution in [3.63, 3.8) is 0 Å². The van der Waals surface area contributed by atoms with E-state index in [0.29, 0.717) is 28.6 Å². The van der Waals surface area contributed by atoms with E-state index >= 15 is 0 Å². The highest BCUT2D eigenvalue weighted by Crippen LogP contribution is 2.26. The van der Waals surface area contributed by atoms with E-state index < -0.39 is 5.97 Å². The summed E-state index contributed by atoms with van der Waals surface area (Å²) in [7, 11) is 0. The number of hydrogen-bond donors (Lipinski definition) is 1. The Balaban J connectivity index is 2.12. The second-order valence-electron chi connectivity index (χ2n) is 5.24. The molecule has 2 rings (SSSR count). The minimum Gasteiger partial charge on any atom is -0.492 e. The molecule has 0 fully saturated rings. The van der Waals surface area contributed by atoms with Crippen LogP contribution in [0.4, 0.5) is 5.69 Å². The molecule has 0 atom stereocenters. The summed E-state index contributed by atoms with van der Waals surface area (Å²) < 4.78 is 10.5. The average Bonchev–Trinajstić information content (AvgIpc) is 2.63. The van der Waals surface area contributed by atoms with E-state index in [9.17, 15) is 9.59 Å². The number of esters is 1. The van der Waals surface area contributed by atoms with Gasteiger partial charge in [-0.05, 0) is 55.8 Å². The van der Waals surface area contributed by atoms with Crippen LogP contribution < -0.4 is 10.1 Å². The van der Waals surface area contributed by atoms with Crippen LogP contribution in [0.25, 0.3) is 6.08 Å². The minimum atomic E-state index is -0.436. The summed E-state index contributed by atoms with van der Waals surface area (Å²) in [6.07, 6.45) is 3.09. The minimum absolute atomic E-state index is 0.288. The molecule has 0 radical (unpaired) electrons. The maximum absolute atomic E-state index is 12.2. The van der Waals surface area contributed by atoms with Crippen molar-refractivity contribution < 1.29 is 19.1 Å². The van der Waals surface area contributed by atoms with E-state index in [1.54, 1.807) is 43.3 Å². The number of amides is 1. The van der Waals surface area contributed by atoms with Crippen molar-refractivity contribution in [3.8, 4) is 5.75 Å². The third-order valence-electron chi connectivity index (χ3n) is 3.35. The second-order valence-corrected chi connectivity index (χ2v) is 5.67. The second kappa shape index (κ2) is 9.63. The Labute approximate surface area is 157 Å². The molecule has 0 aromatic heterocycles. The number of benzene rings is 2. The van der Waals surface area contributed by atoms with Crippen LogP contribution >= 0.6 is 11.6 Å². The number of carbonyl (C=O) groups excluding carboxylic acids is 2. The summed E-state index contributed by atoms with van der Waals surface area (Å²) >= 11 is 5.83. The lowest BCUT2D eigenvalue weighted by Crippen LogP contribution is -2.11. The normalized spacial score (nSPS) is 10.6. The van der Waals surface area contributed by atoms with Crippen molar-refractivity contribution in [2.45, 2.75) is 13.8 Å². The lowest BCUT2D eigenvalue weighted by atomic mass is 10.2. The largest absolute Gasteiger partial charge is 0.492 e. The summed E-state index contributed by atoms with van der Waals surface area (Å²) in [6, 6.07) is 11.9. The molecule has 0 saturated heterocycles. The fourth-order valence-electron chi connectivity index (χ4n) is 2.16. The molecule has 5 nitrogen and oxygen atoms in total. The fraction of sp³-hybridized carbons (Fsp3) is 0.200. The molecular weight excluding hydrogens is 354 g/mol. The first-order valence-electron chi connectivity index (χ1n) is 8.22. The van der Waals surface area contributed by atoms with Gasteiger partial charge in [0.15, 0.2) is 0 Å². The zero-order chi connectivity index (χ0) is 18.9. The zero-order valence-electron chi connectivity index (χ0n) is 14.6. The Kier molecular flexibility index (Phi) is 7.24. The third kappa shape index (κ3) is 5.63. The lowest BCUT2D eigenvalue weighted by Gasteiger charge is -2.12. The van der Waals surface area contributed by atoms with Crippen LogP contribution in [-0.4, -0.2) is 25.1 Å². The molecule has 0 heterocycles. The van der Waals surface area contributed by atoms with Gasteiger partial charge in [-0.2, -0.15) is 0 Å². The number of ether oxygens (including phenoxy) is 2. The number of hydrogen-bond acceptors (Lipinski definition) is 4. The number of halogens is 1. The number of carbonyl (C=O) groups is 2. The highest BCUT2D eigenvalue weighted by molar-refractivity contribution is 6.30. The summed E-state index contributed by atoms with van der Waals surface area (Å²) in [5.74, 6) is -0.343. The van der Waals surface area contributed by atoms with Crippen LogP contribution in [0.2, 0.25) is 5.02 Å². The summed E-state index contributed by atoms with van der Waals surface area (Å²) in [6.45, 7) is 4.25. The van der Waals surface area contributed by atoms with Gasteiger partial charge >= 0.3 is 5.97 Å². The van der Waals surface area contributed by atoms with Crippen molar-refractivity contribution in [2.24, 2.45) is 0 Å². The van der Waals surface area contributed by atoms with Crippen molar-refractivity contribution >= 4 is 35.2 Å². The monoisotopic (exact) mass is 373 g/mol. The Hall–Kier alpha value is -2.79. The van der Waals surface area contributed by atoms with Gasteiger partial charge in [-0.15, -0.1) is 0 Å². The Morgan fingerprint density at radius 1 is 1.08 bits per heavy atom. The molecule has 26 heavy (non-hydrogen) atoms. The van der Waals surface area contributed by atoms with Crippen molar-refractivity contribution in [2.75, 3.05) is 18.5 Å². The van der Waals surface area contributed by atoms with Crippen LogP contribution in [0.3, 0.4) is 0 Å². The fourth-order valence-corrected chi connectivity index (χ4v) is 2.29. The standard InChI is InChI=1S/C20H20ClNO4/c1-3-25-18-13-15(20(24)26-4-2)8-11-17(18)22-19(23)12-7-14-5-9-16(21)10-6-14/h5-13H,3-4H2,1-2H3,(H,22,23)/b12-7+. The molecule has 2 aromatic carbocycles. The topological polar surface area (TPSA) is 64.6 Å². The van der Waals surface area contributed by atoms with Gasteiger partial charge in [0.25, 0.3) is 0 Å². The van der Waals surface area contributed by atoms with E-state index in [-0.39, 0.29) is 12.5 Å². The van der Waals surface area contributed by atoms with Crippen LogP contribution in [0, 0.1) is 0 Å². The zero-order valence-corrected chi connectivity index (χ0v) is 15.4. The first kappa shape index (κ1) is 19.5. The van der Waals surface area contributed by atoms with E-state index in [1.807, 2.05) is 19.1 Å². The number of rotatable bonds is 7. The molecule has 0 bridgehead atoms. The molecule has 0 unspecified atom stereocenters. The molecule has 1 N–H and O–H groups in total. The Morgan fingerprint density at radius 3 is 2.46 bits per heavy atom. The van der Waals surface area contributed by atoms with E-state index in [1.165, 1.54) is 6.08 Å². The van der Waals surface area contributed by atoms with Gasteiger partial charge in [0.2, 0.25) is 5.91 Å². The van der Waals surface area contributed by atoms with Crippen molar-refractivity contribution in [3.05, 3.63) is 64.7 Å². The Morgan fingerprint density at radius 2 is 1.81 bits per heavy atom. The first-order chi connectivity index (χ1) is 12.5.